The average molecular weight is 398 g/mol. The van der Waals surface area contributed by atoms with Crippen LogP contribution < -0.4 is 9.64 Å². The van der Waals surface area contributed by atoms with Crippen molar-refractivity contribution in [2.75, 3.05) is 25.1 Å². The Morgan fingerprint density at radius 3 is 2.29 bits per heavy atom. The highest BCUT2D eigenvalue weighted by Crippen LogP contribution is 2.37. The molecule has 4 rings (SSSR count). The number of anilines is 1. The number of imide groups is 1. The second-order valence-electron chi connectivity index (χ2n) is 7.01. The molecule has 0 radical (unpaired) electrons. The molecule has 0 aliphatic carbocycles. The van der Waals surface area contributed by atoms with Crippen LogP contribution in [0.5, 0.6) is 5.75 Å². The van der Waals surface area contributed by atoms with Gasteiger partial charge in [0, 0.05) is 18.0 Å². The van der Waals surface area contributed by atoms with Crippen molar-refractivity contribution >= 4 is 34.4 Å². The number of thiophene rings is 1. The Bertz CT molecular complexity index is 910. The van der Waals surface area contributed by atoms with Crippen LogP contribution in [0, 0.1) is 0 Å². The van der Waals surface area contributed by atoms with Crippen LogP contribution in [0.2, 0.25) is 0 Å². The predicted molar refractivity (Wildman–Crippen MR) is 108 cm³/mol. The molecular weight excluding hydrogens is 376 g/mol. The van der Waals surface area contributed by atoms with E-state index in [0.717, 1.165) is 4.88 Å². The molecule has 28 heavy (non-hydrogen) atoms. The Labute approximate surface area is 168 Å². The maximum absolute atomic E-state index is 13.4. The summed E-state index contributed by atoms with van der Waals surface area (Å²) in [5.74, 6) is 0.0876. The van der Waals surface area contributed by atoms with Gasteiger partial charge in [0.15, 0.2) is 0 Å². The van der Waals surface area contributed by atoms with Crippen LogP contribution in [0.4, 0.5) is 5.69 Å². The summed E-state index contributed by atoms with van der Waals surface area (Å²) in [5.41, 5.74) is 1.47. The fourth-order valence-corrected chi connectivity index (χ4v) is 4.54. The van der Waals surface area contributed by atoms with Gasteiger partial charge in [-0.05, 0) is 49.6 Å². The van der Waals surface area contributed by atoms with E-state index in [4.69, 9.17) is 9.47 Å². The SMILES string of the molecule is COc1ccc(N2C(=O)C(c3cccs3)=C(N3CC(C)OC(C)C3)C2=O)cc1. The molecule has 2 aromatic rings. The summed E-state index contributed by atoms with van der Waals surface area (Å²) in [5, 5.41) is 1.91. The second kappa shape index (κ2) is 7.41. The zero-order valence-electron chi connectivity index (χ0n) is 16.0. The van der Waals surface area contributed by atoms with Crippen LogP contribution in [-0.2, 0) is 14.3 Å². The van der Waals surface area contributed by atoms with Gasteiger partial charge in [-0.15, -0.1) is 11.3 Å². The minimum Gasteiger partial charge on any atom is -0.497 e. The lowest BCUT2D eigenvalue weighted by Gasteiger charge is -2.37. The van der Waals surface area contributed by atoms with Crippen LogP contribution in [0.25, 0.3) is 5.57 Å². The van der Waals surface area contributed by atoms with E-state index < -0.39 is 0 Å². The summed E-state index contributed by atoms with van der Waals surface area (Å²) in [4.78, 5) is 30.8. The lowest BCUT2D eigenvalue weighted by atomic mass is 10.1. The van der Waals surface area contributed by atoms with Crippen molar-refractivity contribution in [3.63, 3.8) is 0 Å². The lowest BCUT2D eigenvalue weighted by molar-refractivity contribution is -0.121. The second-order valence-corrected chi connectivity index (χ2v) is 7.95. The van der Waals surface area contributed by atoms with Crippen molar-refractivity contribution in [2.24, 2.45) is 0 Å². The van der Waals surface area contributed by atoms with Gasteiger partial charge in [-0.1, -0.05) is 6.07 Å². The molecule has 2 amide bonds. The molecule has 1 aromatic heterocycles. The highest BCUT2D eigenvalue weighted by atomic mass is 32.1. The first-order valence-corrected chi connectivity index (χ1v) is 10.1. The minimum absolute atomic E-state index is 0.0150. The highest BCUT2D eigenvalue weighted by Gasteiger charge is 2.44. The van der Waals surface area contributed by atoms with Gasteiger partial charge >= 0.3 is 0 Å². The van der Waals surface area contributed by atoms with E-state index in [1.165, 1.54) is 16.2 Å². The van der Waals surface area contributed by atoms with Gasteiger partial charge in [-0.3, -0.25) is 9.59 Å². The molecule has 3 heterocycles. The van der Waals surface area contributed by atoms with E-state index in [2.05, 4.69) is 0 Å². The van der Waals surface area contributed by atoms with Crippen LogP contribution in [0.3, 0.4) is 0 Å². The quantitative estimate of drug-likeness (QED) is 0.741. The molecule has 1 aromatic carbocycles. The Morgan fingerprint density at radius 1 is 1.04 bits per heavy atom. The first-order chi connectivity index (χ1) is 13.5. The van der Waals surface area contributed by atoms with Crippen LogP contribution in [0.1, 0.15) is 18.7 Å². The summed E-state index contributed by atoms with van der Waals surface area (Å²) >= 11 is 1.46. The first-order valence-electron chi connectivity index (χ1n) is 9.21. The largest absolute Gasteiger partial charge is 0.497 e. The number of carbonyl (C=O) groups is 2. The Kier molecular flexibility index (Phi) is 4.95. The molecule has 0 bridgehead atoms. The smallest absolute Gasteiger partial charge is 0.282 e. The van der Waals surface area contributed by atoms with Gasteiger partial charge in [-0.25, -0.2) is 4.90 Å². The van der Waals surface area contributed by atoms with Crippen LogP contribution in [-0.4, -0.2) is 49.1 Å². The molecule has 146 valence electrons. The van der Waals surface area contributed by atoms with Gasteiger partial charge in [-0.2, -0.15) is 0 Å². The number of benzene rings is 1. The maximum Gasteiger partial charge on any atom is 0.282 e. The van der Waals surface area contributed by atoms with Crippen molar-refractivity contribution in [1.82, 2.24) is 4.90 Å². The summed E-state index contributed by atoms with van der Waals surface area (Å²) in [7, 11) is 1.58. The molecule has 1 fully saturated rings. The van der Waals surface area contributed by atoms with Crippen molar-refractivity contribution in [3.05, 3.63) is 52.4 Å². The third-order valence-electron chi connectivity index (χ3n) is 4.89. The first kappa shape index (κ1) is 18.7. The number of morpholine rings is 1. The van der Waals surface area contributed by atoms with Crippen molar-refractivity contribution < 1.29 is 19.1 Å². The third kappa shape index (κ3) is 3.21. The van der Waals surface area contributed by atoms with E-state index >= 15 is 0 Å². The number of nitrogens with zero attached hydrogens (tertiary/aromatic N) is 2. The molecule has 2 atom stereocenters. The molecule has 6 nitrogen and oxygen atoms in total. The molecule has 1 saturated heterocycles. The summed E-state index contributed by atoms with van der Waals surface area (Å²) in [6.45, 7) is 5.11. The van der Waals surface area contributed by atoms with Crippen LogP contribution in [0.15, 0.2) is 47.5 Å². The van der Waals surface area contributed by atoms with E-state index in [0.29, 0.717) is 35.8 Å². The molecule has 7 heteroatoms. The standard InChI is InChI=1S/C21H22N2O4S/c1-13-11-22(12-14(2)27-13)19-18(17-5-4-10-28-17)20(24)23(21(19)25)15-6-8-16(26-3)9-7-15/h4-10,13-14H,11-12H2,1-3H3. The molecule has 0 saturated carbocycles. The summed E-state index contributed by atoms with van der Waals surface area (Å²) in [6, 6.07) is 10.7. The van der Waals surface area contributed by atoms with Crippen molar-refractivity contribution in [2.45, 2.75) is 26.1 Å². The monoisotopic (exact) mass is 398 g/mol. The molecule has 2 aliphatic heterocycles. The van der Waals surface area contributed by atoms with Crippen molar-refractivity contribution in [1.29, 1.82) is 0 Å². The molecular formula is C21H22N2O4S. The molecule has 2 unspecified atom stereocenters. The zero-order chi connectivity index (χ0) is 19.8. The Balaban J connectivity index is 1.77. The van der Waals surface area contributed by atoms with E-state index in [1.807, 2.05) is 36.3 Å². The molecule has 2 aliphatic rings. The van der Waals surface area contributed by atoms with Crippen LogP contribution >= 0.6 is 11.3 Å². The van der Waals surface area contributed by atoms with Crippen molar-refractivity contribution in [3.8, 4) is 5.75 Å². The van der Waals surface area contributed by atoms with Gasteiger partial charge in [0.2, 0.25) is 0 Å². The number of rotatable bonds is 4. The number of hydrogen-bond donors (Lipinski definition) is 0. The van der Waals surface area contributed by atoms with Gasteiger partial charge in [0.1, 0.15) is 11.4 Å². The van der Waals surface area contributed by atoms with E-state index in [9.17, 15) is 9.59 Å². The topological polar surface area (TPSA) is 59.1 Å². The molecule has 0 N–H and O–H groups in total. The maximum atomic E-state index is 13.4. The average Bonchev–Trinajstić information content (AvgIpc) is 3.27. The minimum atomic E-state index is -0.292. The summed E-state index contributed by atoms with van der Waals surface area (Å²) < 4.78 is 11.0. The van der Waals surface area contributed by atoms with Gasteiger partial charge in [0.05, 0.1) is 30.6 Å². The summed E-state index contributed by atoms with van der Waals surface area (Å²) in [6.07, 6.45) is -0.0300. The van der Waals surface area contributed by atoms with Gasteiger partial charge in [0.25, 0.3) is 11.8 Å². The highest BCUT2D eigenvalue weighted by molar-refractivity contribution is 7.11. The van der Waals surface area contributed by atoms with E-state index in [-0.39, 0.29) is 24.0 Å². The number of methoxy groups -OCH3 is 1. The third-order valence-corrected chi connectivity index (χ3v) is 5.78. The fraction of sp³-hybridized carbons (Fsp3) is 0.333. The fourth-order valence-electron chi connectivity index (χ4n) is 3.78. The lowest BCUT2D eigenvalue weighted by Crippen LogP contribution is -2.47. The predicted octanol–water partition coefficient (Wildman–Crippen LogP) is 3.15. The number of carbonyl (C=O) groups excluding carboxylic acids is 2. The molecule has 0 spiro atoms. The zero-order valence-corrected chi connectivity index (χ0v) is 16.9. The Morgan fingerprint density at radius 2 is 1.71 bits per heavy atom. The number of hydrogen-bond acceptors (Lipinski definition) is 6. The Hall–Kier alpha value is -2.64. The number of amides is 2. The number of ether oxygens (including phenoxy) is 2. The van der Waals surface area contributed by atoms with E-state index in [1.54, 1.807) is 31.4 Å². The van der Waals surface area contributed by atoms with Gasteiger partial charge < -0.3 is 14.4 Å². The normalized spacial score (nSPS) is 23.0.